The Labute approximate surface area is 139 Å². The summed E-state index contributed by atoms with van der Waals surface area (Å²) in [5.41, 5.74) is 5.06. The number of hydrogen-bond acceptors (Lipinski definition) is 2. The van der Waals surface area contributed by atoms with Crippen LogP contribution in [0.3, 0.4) is 0 Å². The van der Waals surface area contributed by atoms with Crippen molar-refractivity contribution < 1.29 is 0 Å². The quantitative estimate of drug-likeness (QED) is 0.569. The molecule has 3 aromatic heterocycles. The van der Waals surface area contributed by atoms with Crippen LogP contribution in [-0.4, -0.2) is 14.4 Å². The maximum atomic E-state index is 4.88. The maximum Gasteiger partial charge on any atom is 0.148 e. The zero-order chi connectivity index (χ0) is 16.7. The van der Waals surface area contributed by atoms with Crippen LogP contribution in [0.5, 0.6) is 0 Å². The number of pyridine rings is 2. The Bertz CT molecular complexity index is 1240. The van der Waals surface area contributed by atoms with Crippen LogP contribution in [-0.2, 0) is 0 Å². The summed E-state index contributed by atoms with van der Waals surface area (Å²) in [4.78, 5) is 9.51. The van der Waals surface area contributed by atoms with Gasteiger partial charge in [0.2, 0.25) is 0 Å². The highest BCUT2D eigenvalue weighted by Crippen LogP contribution is 2.22. The number of aromatic nitrogens is 3. The molecule has 4 aromatic rings. The van der Waals surface area contributed by atoms with Gasteiger partial charge in [-0.05, 0) is 36.8 Å². The van der Waals surface area contributed by atoms with Crippen molar-refractivity contribution >= 4 is 39.7 Å². The Kier molecular flexibility index (Phi) is 3.28. The molecular formula is C21H17N3. The van der Waals surface area contributed by atoms with Gasteiger partial charge in [-0.3, -0.25) is 9.38 Å². The second-order valence-electron chi connectivity index (χ2n) is 5.71. The third kappa shape index (κ3) is 1.91. The third-order valence-electron chi connectivity index (χ3n) is 4.28. The average molecular weight is 311 g/mol. The predicted octanol–water partition coefficient (Wildman–Crippen LogP) is 3.28. The summed E-state index contributed by atoms with van der Waals surface area (Å²) in [6.45, 7) is 9.84. The van der Waals surface area contributed by atoms with Gasteiger partial charge in [-0.25, -0.2) is 4.98 Å². The fourth-order valence-corrected chi connectivity index (χ4v) is 3.28. The van der Waals surface area contributed by atoms with E-state index in [1.165, 1.54) is 0 Å². The van der Waals surface area contributed by atoms with E-state index in [-0.39, 0.29) is 0 Å². The number of imidazole rings is 1. The Morgan fingerprint density at radius 3 is 2.62 bits per heavy atom. The van der Waals surface area contributed by atoms with Crippen molar-refractivity contribution in [3.05, 3.63) is 78.0 Å². The van der Waals surface area contributed by atoms with Gasteiger partial charge in [0.15, 0.2) is 0 Å². The third-order valence-corrected chi connectivity index (χ3v) is 4.28. The van der Waals surface area contributed by atoms with Crippen LogP contribution in [0.1, 0.15) is 5.56 Å². The Hall–Kier alpha value is -3.20. The number of rotatable bonds is 2. The molecule has 0 fully saturated rings. The zero-order valence-corrected chi connectivity index (χ0v) is 13.5. The van der Waals surface area contributed by atoms with E-state index in [2.05, 4.69) is 35.5 Å². The lowest BCUT2D eigenvalue weighted by Gasteiger charge is -2.07. The molecule has 3 heterocycles. The molecule has 0 spiro atoms. The van der Waals surface area contributed by atoms with Gasteiger partial charge in [-0.1, -0.05) is 43.5 Å². The molecule has 4 rings (SSSR count). The highest BCUT2D eigenvalue weighted by molar-refractivity contribution is 5.99. The van der Waals surface area contributed by atoms with E-state index >= 15 is 0 Å². The molecule has 0 N–H and O–H groups in total. The van der Waals surface area contributed by atoms with Gasteiger partial charge in [0.25, 0.3) is 0 Å². The SMILES string of the molecule is C=C/C=c1\c(=C/C=C)n2c3ccccc3nc2c2c(C)ccnc12. The van der Waals surface area contributed by atoms with Gasteiger partial charge in [-0.2, -0.15) is 0 Å². The van der Waals surface area contributed by atoms with E-state index in [1.807, 2.05) is 42.6 Å². The predicted molar refractivity (Wildman–Crippen MR) is 101 cm³/mol. The minimum Gasteiger partial charge on any atom is -0.292 e. The molecule has 0 amide bonds. The summed E-state index contributed by atoms with van der Waals surface area (Å²) in [5.74, 6) is 0. The first-order valence-corrected chi connectivity index (χ1v) is 7.86. The standard InChI is InChI=1S/C21H17N3/c1-4-8-15-17(9-5-2)24-18-11-7-6-10-16(18)23-21(24)19-14(3)12-13-22-20(15)19/h4-13H,1-2H2,3H3/b15-8+,17-9+. The van der Waals surface area contributed by atoms with Crippen LogP contribution in [0.15, 0.2) is 61.8 Å². The average Bonchev–Trinajstić information content (AvgIpc) is 2.97. The van der Waals surface area contributed by atoms with Gasteiger partial charge in [0, 0.05) is 16.8 Å². The second kappa shape index (κ2) is 5.46. The topological polar surface area (TPSA) is 30.2 Å². The number of aryl methyl sites for hydroxylation is 1. The molecule has 0 bridgehead atoms. The van der Waals surface area contributed by atoms with Crippen LogP contribution in [0.25, 0.3) is 39.7 Å². The van der Waals surface area contributed by atoms with E-state index in [9.17, 15) is 0 Å². The van der Waals surface area contributed by atoms with Gasteiger partial charge in [0.05, 0.1) is 21.9 Å². The molecule has 0 aliphatic heterocycles. The lowest BCUT2D eigenvalue weighted by Crippen LogP contribution is -2.33. The summed E-state index contributed by atoms with van der Waals surface area (Å²) in [6, 6.07) is 10.2. The first-order valence-electron chi connectivity index (χ1n) is 7.86. The largest absolute Gasteiger partial charge is 0.292 e. The van der Waals surface area contributed by atoms with Crippen molar-refractivity contribution in [2.45, 2.75) is 6.92 Å². The molecule has 0 unspecified atom stereocenters. The van der Waals surface area contributed by atoms with Crippen molar-refractivity contribution in [1.29, 1.82) is 0 Å². The molecule has 3 nitrogen and oxygen atoms in total. The fourth-order valence-electron chi connectivity index (χ4n) is 3.28. The first-order chi connectivity index (χ1) is 11.8. The molecular weight excluding hydrogens is 294 g/mol. The molecule has 1 aromatic carbocycles. The van der Waals surface area contributed by atoms with Crippen molar-refractivity contribution in [2.75, 3.05) is 0 Å². The van der Waals surface area contributed by atoms with Gasteiger partial charge >= 0.3 is 0 Å². The zero-order valence-electron chi connectivity index (χ0n) is 13.5. The van der Waals surface area contributed by atoms with Gasteiger partial charge < -0.3 is 0 Å². The lowest BCUT2D eigenvalue weighted by atomic mass is 10.1. The molecule has 0 saturated heterocycles. The van der Waals surface area contributed by atoms with Crippen LogP contribution < -0.4 is 10.6 Å². The molecule has 3 heteroatoms. The molecule has 0 atom stereocenters. The Morgan fingerprint density at radius 2 is 1.83 bits per heavy atom. The summed E-state index contributed by atoms with van der Waals surface area (Å²) >= 11 is 0. The molecule has 0 aliphatic rings. The van der Waals surface area contributed by atoms with E-state index < -0.39 is 0 Å². The number of allylic oxidation sites excluding steroid dienone is 2. The summed E-state index contributed by atoms with van der Waals surface area (Å²) in [7, 11) is 0. The van der Waals surface area contributed by atoms with E-state index in [0.717, 1.165) is 43.7 Å². The van der Waals surface area contributed by atoms with Crippen molar-refractivity contribution in [3.63, 3.8) is 0 Å². The summed E-state index contributed by atoms with van der Waals surface area (Å²) < 4.78 is 2.18. The monoisotopic (exact) mass is 311 g/mol. The normalized spacial score (nSPS) is 13.2. The molecule has 116 valence electrons. The summed E-state index contributed by atoms with van der Waals surface area (Å²) in [5, 5.41) is 3.11. The van der Waals surface area contributed by atoms with Crippen LogP contribution >= 0.6 is 0 Å². The lowest BCUT2D eigenvalue weighted by molar-refractivity contribution is 1.15. The molecule has 0 radical (unpaired) electrons. The van der Waals surface area contributed by atoms with Gasteiger partial charge in [-0.15, -0.1) is 0 Å². The fraction of sp³-hybridized carbons (Fsp3) is 0.0476. The maximum absolute atomic E-state index is 4.88. The smallest absolute Gasteiger partial charge is 0.148 e. The van der Waals surface area contributed by atoms with Crippen molar-refractivity contribution in [2.24, 2.45) is 0 Å². The molecule has 0 saturated carbocycles. The number of nitrogens with zero attached hydrogens (tertiary/aromatic N) is 3. The molecule has 0 aliphatic carbocycles. The number of fused-ring (bicyclic) bond motifs is 5. The van der Waals surface area contributed by atoms with Crippen molar-refractivity contribution in [3.8, 4) is 0 Å². The Morgan fingerprint density at radius 1 is 1.04 bits per heavy atom. The van der Waals surface area contributed by atoms with Crippen LogP contribution in [0.4, 0.5) is 0 Å². The highest BCUT2D eigenvalue weighted by Gasteiger charge is 2.13. The van der Waals surface area contributed by atoms with Gasteiger partial charge in [0.1, 0.15) is 5.65 Å². The van der Waals surface area contributed by atoms with E-state index in [0.29, 0.717) is 0 Å². The summed E-state index contributed by atoms with van der Waals surface area (Å²) in [6.07, 6.45) is 9.43. The minimum atomic E-state index is 0.922. The Balaban J connectivity index is 2.52. The second-order valence-corrected chi connectivity index (χ2v) is 5.71. The number of para-hydroxylation sites is 2. The number of benzene rings is 1. The van der Waals surface area contributed by atoms with Crippen molar-refractivity contribution in [1.82, 2.24) is 14.4 Å². The van der Waals surface area contributed by atoms with Crippen LogP contribution in [0, 0.1) is 6.92 Å². The molecule has 24 heavy (non-hydrogen) atoms. The van der Waals surface area contributed by atoms with Crippen LogP contribution in [0.2, 0.25) is 0 Å². The van der Waals surface area contributed by atoms with E-state index in [4.69, 9.17) is 4.98 Å². The highest BCUT2D eigenvalue weighted by atomic mass is 15.0. The number of hydrogen-bond donors (Lipinski definition) is 0. The first kappa shape index (κ1) is 14.4. The van der Waals surface area contributed by atoms with E-state index in [1.54, 1.807) is 12.2 Å². The minimum absolute atomic E-state index is 0.922.